The molecule has 2 aromatic carbocycles. The zero-order valence-electron chi connectivity index (χ0n) is 19.8. The van der Waals surface area contributed by atoms with Gasteiger partial charge >= 0.3 is 17.3 Å². The Morgan fingerprint density at radius 2 is 1.84 bits per heavy atom. The van der Waals surface area contributed by atoms with Gasteiger partial charge in [0.05, 0.1) is 18.2 Å². The molecule has 0 saturated heterocycles. The second-order valence-corrected chi connectivity index (χ2v) is 9.24. The molecule has 1 aliphatic carbocycles. The first-order valence-electron chi connectivity index (χ1n) is 11.6. The first kappa shape index (κ1) is 25.2. The molecule has 5 rings (SSSR count). The number of nitrogens with one attached hydrogen (secondary N) is 1. The highest BCUT2D eigenvalue weighted by atomic mass is 35.5. The molecule has 0 aliphatic heterocycles. The van der Waals surface area contributed by atoms with Crippen molar-refractivity contribution in [1.82, 2.24) is 19.1 Å². The minimum atomic E-state index is -0.944. The van der Waals surface area contributed by atoms with Crippen LogP contribution in [0.5, 0.6) is 11.6 Å². The van der Waals surface area contributed by atoms with Crippen molar-refractivity contribution in [3.05, 3.63) is 110 Å². The van der Waals surface area contributed by atoms with Crippen LogP contribution in [-0.2, 0) is 17.9 Å². The van der Waals surface area contributed by atoms with Gasteiger partial charge in [-0.15, -0.1) is 0 Å². The molecule has 1 unspecified atom stereocenters. The summed E-state index contributed by atoms with van der Waals surface area (Å²) >= 11 is 5.99. The highest BCUT2D eigenvalue weighted by Gasteiger charge is 2.43. The van der Waals surface area contributed by atoms with Gasteiger partial charge in [-0.2, -0.15) is 9.37 Å². The van der Waals surface area contributed by atoms with E-state index in [1.54, 1.807) is 48.5 Å². The number of carbonyl (C=O) groups is 1. The number of benzene rings is 2. The van der Waals surface area contributed by atoms with E-state index in [1.165, 1.54) is 22.8 Å². The lowest BCUT2D eigenvalue weighted by molar-refractivity contribution is -0.138. The first-order valence-corrected chi connectivity index (χ1v) is 12.0. The molecule has 1 fully saturated rings. The summed E-state index contributed by atoms with van der Waals surface area (Å²) in [5.41, 5.74) is -0.134. The van der Waals surface area contributed by atoms with Gasteiger partial charge in [0.1, 0.15) is 5.75 Å². The molecule has 4 aromatic rings. The summed E-state index contributed by atoms with van der Waals surface area (Å²) in [4.78, 5) is 48.2. The Labute approximate surface area is 219 Å². The Bertz CT molecular complexity index is 1680. The molecule has 0 bridgehead atoms. The van der Waals surface area contributed by atoms with E-state index in [-0.39, 0.29) is 30.5 Å². The van der Waals surface area contributed by atoms with Gasteiger partial charge < -0.3 is 9.84 Å². The summed E-state index contributed by atoms with van der Waals surface area (Å²) in [7, 11) is 0. The van der Waals surface area contributed by atoms with E-state index in [2.05, 4.69) is 15.0 Å². The highest BCUT2D eigenvalue weighted by Crippen LogP contribution is 2.39. The number of aromatic nitrogens is 4. The average Bonchev–Trinajstić information content (AvgIpc) is 3.66. The van der Waals surface area contributed by atoms with Gasteiger partial charge in [-0.1, -0.05) is 29.8 Å². The van der Waals surface area contributed by atoms with Crippen LogP contribution in [0.4, 0.5) is 10.1 Å². The fourth-order valence-electron chi connectivity index (χ4n) is 3.98. The standard InChI is InChI=1S/C26H21ClFN5O5/c27-17-6-4-15(5-7-17)13-32-24(31-25(36)33(26(32)37)14-16-12-20(16)23(34)35)29-18-8-10-19(11-9-18)38-22-3-1-2-21(28)30-22/h1-11,16,20H,12-14H2,(H,34,35)(H,29,31,36)/t16-,20?/m0/s1. The number of aromatic amines is 1. The molecule has 1 aliphatic rings. The zero-order valence-corrected chi connectivity index (χ0v) is 20.5. The fourth-order valence-corrected chi connectivity index (χ4v) is 4.11. The lowest BCUT2D eigenvalue weighted by atomic mass is 10.2. The third-order valence-corrected chi connectivity index (χ3v) is 6.33. The van der Waals surface area contributed by atoms with Gasteiger partial charge in [0.15, 0.2) is 0 Å². The van der Waals surface area contributed by atoms with Crippen LogP contribution in [0.3, 0.4) is 0 Å². The summed E-state index contributed by atoms with van der Waals surface area (Å²) in [6.45, 7) is 0.0806. The van der Waals surface area contributed by atoms with Crippen molar-refractivity contribution in [2.45, 2.75) is 19.5 Å². The largest absolute Gasteiger partial charge is 0.481 e. The molecule has 10 nitrogen and oxygen atoms in total. The number of halogens is 2. The predicted octanol–water partition coefficient (Wildman–Crippen LogP) is 3.32. The van der Waals surface area contributed by atoms with Crippen LogP contribution in [-0.4, -0.2) is 30.2 Å². The number of ether oxygens (including phenoxy) is 1. The highest BCUT2D eigenvalue weighted by molar-refractivity contribution is 6.30. The molecular weight excluding hydrogens is 517 g/mol. The van der Waals surface area contributed by atoms with E-state index < -0.39 is 29.2 Å². The lowest BCUT2D eigenvalue weighted by Crippen LogP contribution is -2.50. The number of hydrogen-bond acceptors (Lipinski definition) is 6. The molecule has 194 valence electrons. The quantitative estimate of drug-likeness (QED) is 0.331. The molecular formula is C26H21ClFN5O5. The van der Waals surface area contributed by atoms with Crippen LogP contribution in [0.15, 0.2) is 81.3 Å². The van der Waals surface area contributed by atoms with E-state index in [0.29, 0.717) is 22.9 Å². The number of hydrogen-bond donors (Lipinski definition) is 2. The number of aliphatic carboxylic acids is 1. The third kappa shape index (κ3) is 5.73. The number of carboxylic acid groups (broad SMARTS) is 1. The normalized spacial score (nSPS) is 16.8. The lowest BCUT2D eigenvalue weighted by Gasteiger charge is -2.11. The van der Waals surface area contributed by atoms with Gasteiger partial charge in [-0.25, -0.2) is 19.1 Å². The zero-order chi connectivity index (χ0) is 26.8. The van der Waals surface area contributed by atoms with Crippen LogP contribution in [0.1, 0.15) is 12.0 Å². The Hall–Kier alpha value is -4.51. The molecule has 0 radical (unpaired) electrons. The Morgan fingerprint density at radius 1 is 1.11 bits per heavy atom. The van der Waals surface area contributed by atoms with E-state index in [9.17, 15) is 23.9 Å². The van der Waals surface area contributed by atoms with Crippen LogP contribution in [0.25, 0.3) is 0 Å². The van der Waals surface area contributed by atoms with Crippen LogP contribution >= 0.6 is 11.6 Å². The van der Waals surface area contributed by atoms with Gasteiger partial charge in [-0.3, -0.25) is 14.3 Å². The predicted molar refractivity (Wildman–Crippen MR) is 135 cm³/mol. The summed E-state index contributed by atoms with van der Waals surface area (Å²) < 4.78 is 21.2. The maximum Gasteiger partial charge on any atom is 0.335 e. The average molecular weight is 538 g/mol. The minimum absolute atomic E-state index is 0.00776. The molecule has 12 heteroatoms. The SMILES string of the molecule is O=C(O)C1C[C@H]1Cn1c(=O)[nH]c(=Nc2ccc(Oc3cccc(F)n3)cc2)n(Cc2ccc(Cl)cc2)c1=O. The second kappa shape index (κ2) is 10.5. The van der Waals surface area contributed by atoms with Crippen LogP contribution in [0.2, 0.25) is 5.02 Å². The Kier molecular flexibility index (Phi) is 6.93. The van der Waals surface area contributed by atoms with Crippen LogP contribution < -0.4 is 21.7 Å². The number of rotatable bonds is 8. The van der Waals surface area contributed by atoms with Crippen molar-refractivity contribution < 1.29 is 19.0 Å². The summed E-state index contributed by atoms with van der Waals surface area (Å²) in [6, 6.07) is 17.5. The topological polar surface area (TPSA) is 132 Å². The molecule has 2 aromatic heterocycles. The van der Waals surface area contributed by atoms with Crippen LogP contribution in [0, 0.1) is 17.8 Å². The van der Waals surface area contributed by atoms with Crippen molar-refractivity contribution in [2.24, 2.45) is 16.8 Å². The van der Waals surface area contributed by atoms with E-state index in [0.717, 1.165) is 10.1 Å². The summed E-state index contributed by atoms with van der Waals surface area (Å²) in [5.74, 6) is -2.00. The van der Waals surface area contributed by atoms with Crippen molar-refractivity contribution in [3.8, 4) is 11.6 Å². The van der Waals surface area contributed by atoms with Crippen molar-refractivity contribution in [1.29, 1.82) is 0 Å². The summed E-state index contributed by atoms with van der Waals surface area (Å²) in [6.07, 6.45) is 0.407. The summed E-state index contributed by atoms with van der Waals surface area (Å²) in [5, 5.41) is 9.74. The van der Waals surface area contributed by atoms with Gasteiger partial charge in [0.25, 0.3) is 0 Å². The third-order valence-electron chi connectivity index (χ3n) is 6.08. The number of H-pyrrole nitrogens is 1. The Morgan fingerprint density at radius 3 is 2.50 bits per heavy atom. The molecule has 2 heterocycles. The van der Waals surface area contributed by atoms with Crippen molar-refractivity contribution in [3.63, 3.8) is 0 Å². The maximum absolute atomic E-state index is 13.4. The van der Waals surface area contributed by atoms with Gasteiger partial charge in [0.2, 0.25) is 17.4 Å². The number of pyridine rings is 1. The van der Waals surface area contributed by atoms with E-state index in [4.69, 9.17) is 16.3 Å². The second-order valence-electron chi connectivity index (χ2n) is 8.81. The molecule has 2 atom stereocenters. The van der Waals surface area contributed by atoms with Gasteiger partial charge in [-0.05, 0) is 60.4 Å². The fraction of sp³-hybridized carbons (Fsp3) is 0.192. The van der Waals surface area contributed by atoms with E-state index >= 15 is 0 Å². The molecule has 0 spiro atoms. The minimum Gasteiger partial charge on any atom is -0.481 e. The van der Waals surface area contributed by atoms with E-state index in [1.807, 2.05) is 0 Å². The molecule has 0 amide bonds. The first-order chi connectivity index (χ1) is 18.3. The molecule has 2 N–H and O–H groups in total. The molecule has 38 heavy (non-hydrogen) atoms. The monoisotopic (exact) mass is 537 g/mol. The van der Waals surface area contributed by atoms with Crippen molar-refractivity contribution in [2.75, 3.05) is 0 Å². The van der Waals surface area contributed by atoms with Crippen molar-refractivity contribution >= 4 is 23.3 Å². The van der Waals surface area contributed by atoms with Gasteiger partial charge in [0, 0.05) is 17.6 Å². The Balaban J connectivity index is 1.50. The molecule has 1 saturated carbocycles. The smallest absolute Gasteiger partial charge is 0.335 e. The number of nitrogens with zero attached hydrogens (tertiary/aromatic N) is 4. The number of carboxylic acids is 1. The maximum atomic E-state index is 13.4.